The quantitative estimate of drug-likeness (QED) is 0.743. The van der Waals surface area contributed by atoms with Gasteiger partial charge in [0, 0.05) is 38.9 Å². The summed E-state index contributed by atoms with van der Waals surface area (Å²) < 4.78 is 36.4. The maximum absolute atomic E-state index is 11.8. The van der Waals surface area contributed by atoms with Crippen LogP contribution in [-0.4, -0.2) is 69.6 Å². The van der Waals surface area contributed by atoms with Crippen LogP contribution in [0, 0.1) is 0 Å². The first kappa shape index (κ1) is 17.1. The minimum absolute atomic E-state index is 0.113. The molecular weight excluding hydrogens is 292 g/mol. The van der Waals surface area contributed by atoms with E-state index < -0.39 is 10.0 Å². The highest BCUT2D eigenvalue weighted by Gasteiger charge is 2.43. The van der Waals surface area contributed by atoms with Crippen molar-refractivity contribution in [3.63, 3.8) is 0 Å². The van der Waals surface area contributed by atoms with Gasteiger partial charge in [0.05, 0.1) is 18.0 Å². The summed E-state index contributed by atoms with van der Waals surface area (Å²) in [5, 5.41) is 3.61. The van der Waals surface area contributed by atoms with Crippen LogP contribution in [0.3, 0.4) is 0 Å². The van der Waals surface area contributed by atoms with Crippen molar-refractivity contribution >= 4 is 10.0 Å². The van der Waals surface area contributed by atoms with E-state index in [0.29, 0.717) is 31.8 Å². The van der Waals surface area contributed by atoms with E-state index in [-0.39, 0.29) is 18.0 Å². The Morgan fingerprint density at radius 1 is 1.24 bits per heavy atom. The van der Waals surface area contributed by atoms with Gasteiger partial charge in [-0.3, -0.25) is 0 Å². The number of nitrogens with one attached hydrogen (secondary N) is 1. The Balaban J connectivity index is 1.77. The van der Waals surface area contributed by atoms with Gasteiger partial charge in [0.2, 0.25) is 10.0 Å². The van der Waals surface area contributed by atoms with Crippen molar-refractivity contribution in [1.29, 1.82) is 0 Å². The molecule has 1 saturated carbocycles. The molecule has 0 amide bonds. The number of nitrogens with zero attached hydrogens (tertiary/aromatic N) is 1. The molecule has 1 N–H and O–H groups in total. The minimum atomic E-state index is -3.04. The topological polar surface area (TPSA) is 67.9 Å². The number of hydrogen-bond donors (Lipinski definition) is 1. The molecule has 0 radical (unpaired) electrons. The van der Waals surface area contributed by atoms with Crippen LogP contribution in [0.5, 0.6) is 0 Å². The van der Waals surface area contributed by atoms with Gasteiger partial charge in [-0.25, -0.2) is 12.7 Å². The second kappa shape index (κ2) is 7.37. The third kappa shape index (κ3) is 3.96. The summed E-state index contributed by atoms with van der Waals surface area (Å²) >= 11 is 0. The van der Waals surface area contributed by atoms with Crippen molar-refractivity contribution in [2.45, 2.75) is 57.4 Å². The van der Waals surface area contributed by atoms with E-state index in [4.69, 9.17) is 9.47 Å². The first-order chi connectivity index (χ1) is 10.0. The second-order valence-corrected chi connectivity index (χ2v) is 8.03. The van der Waals surface area contributed by atoms with Crippen LogP contribution in [0.1, 0.15) is 33.1 Å². The molecule has 1 heterocycles. The molecule has 124 valence electrons. The van der Waals surface area contributed by atoms with Crippen LogP contribution in [-0.2, 0) is 19.5 Å². The van der Waals surface area contributed by atoms with Crippen LogP contribution in [0.25, 0.3) is 0 Å². The molecule has 1 saturated heterocycles. The zero-order chi connectivity index (χ0) is 15.5. The number of ether oxygens (including phenoxy) is 2. The molecule has 0 aromatic rings. The van der Waals surface area contributed by atoms with Gasteiger partial charge in [0.15, 0.2) is 0 Å². The minimum Gasteiger partial charge on any atom is -0.377 e. The third-order valence-electron chi connectivity index (χ3n) is 4.56. The summed E-state index contributed by atoms with van der Waals surface area (Å²) in [6, 6.07) is 0.699. The Morgan fingerprint density at radius 2 is 1.90 bits per heavy atom. The molecule has 2 aliphatic rings. The van der Waals surface area contributed by atoms with Crippen molar-refractivity contribution in [2.24, 2.45) is 0 Å². The van der Waals surface area contributed by atoms with E-state index in [0.717, 1.165) is 19.3 Å². The molecule has 1 aliphatic heterocycles. The first-order valence-corrected chi connectivity index (χ1v) is 9.51. The fourth-order valence-corrected chi connectivity index (χ4v) is 4.36. The lowest BCUT2D eigenvalue weighted by Crippen LogP contribution is -2.62. The lowest BCUT2D eigenvalue weighted by molar-refractivity contribution is -0.133. The van der Waals surface area contributed by atoms with Crippen molar-refractivity contribution < 1.29 is 17.9 Å². The largest absolute Gasteiger partial charge is 0.377 e. The average Bonchev–Trinajstić information content (AvgIpc) is 2.47. The summed E-state index contributed by atoms with van der Waals surface area (Å²) in [6.45, 7) is 5.65. The Labute approximate surface area is 128 Å². The highest BCUT2D eigenvalue weighted by atomic mass is 32.2. The van der Waals surface area contributed by atoms with Crippen LogP contribution in [0.4, 0.5) is 0 Å². The zero-order valence-electron chi connectivity index (χ0n) is 13.2. The standard InChI is InChI=1S/C14H28N2O4S/c1-4-20-13-10-12(14(13)19-3)15-11-6-8-16(9-7-11)21(17,18)5-2/h11-15H,4-10H2,1-3H3. The maximum Gasteiger partial charge on any atom is 0.213 e. The predicted molar refractivity (Wildman–Crippen MR) is 81.8 cm³/mol. The van der Waals surface area contributed by atoms with Crippen LogP contribution >= 0.6 is 0 Å². The maximum atomic E-state index is 11.8. The average molecular weight is 320 g/mol. The Bertz CT molecular complexity index is 421. The predicted octanol–water partition coefficient (Wildman–Crippen LogP) is 0.583. The van der Waals surface area contributed by atoms with Gasteiger partial charge >= 0.3 is 0 Å². The molecule has 1 aliphatic carbocycles. The zero-order valence-corrected chi connectivity index (χ0v) is 14.1. The van der Waals surface area contributed by atoms with Gasteiger partial charge in [-0.05, 0) is 33.1 Å². The van der Waals surface area contributed by atoms with Crippen LogP contribution in [0.15, 0.2) is 0 Å². The van der Waals surface area contributed by atoms with Gasteiger partial charge in [-0.15, -0.1) is 0 Å². The molecule has 2 rings (SSSR count). The molecule has 2 fully saturated rings. The van der Waals surface area contributed by atoms with Crippen LogP contribution in [0.2, 0.25) is 0 Å². The third-order valence-corrected chi connectivity index (χ3v) is 6.45. The molecule has 3 unspecified atom stereocenters. The summed E-state index contributed by atoms with van der Waals surface area (Å²) in [5.74, 6) is 0.190. The molecule has 0 aromatic carbocycles. The summed E-state index contributed by atoms with van der Waals surface area (Å²) in [4.78, 5) is 0. The number of methoxy groups -OCH3 is 1. The number of rotatable bonds is 7. The molecule has 3 atom stereocenters. The van der Waals surface area contributed by atoms with E-state index in [9.17, 15) is 8.42 Å². The van der Waals surface area contributed by atoms with E-state index in [1.54, 1.807) is 18.3 Å². The van der Waals surface area contributed by atoms with Crippen molar-refractivity contribution in [3.8, 4) is 0 Å². The molecule has 0 bridgehead atoms. The molecular formula is C14H28N2O4S. The molecule has 6 nitrogen and oxygen atoms in total. The van der Waals surface area contributed by atoms with E-state index in [1.165, 1.54) is 0 Å². The number of piperidine rings is 1. The van der Waals surface area contributed by atoms with Crippen LogP contribution < -0.4 is 5.32 Å². The van der Waals surface area contributed by atoms with E-state index >= 15 is 0 Å². The molecule has 0 spiro atoms. The lowest BCUT2D eigenvalue weighted by Gasteiger charge is -2.46. The summed E-state index contributed by atoms with van der Waals surface area (Å²) in [5.41, 5.74) is 0. The van der Waals surface area contributed by atoms with Crippen molar-refractivity contribution in [2.75, 3.05) is 32.6 Å². The highest BCUT2D eigenvalue weighted by Crippen LogP contribution is 2.28. The molecule has 21 heavy (non-hydrogen) atoms. The smallest absolute Gasteiger partial charge is 0.213 e. The summed E-state index contributed by atoms with van der Waals surface area (Å²) in [6.07, 6.45) is 3.01. The monoisotopic (exact) mass is 320 g/mol. The lowest BCUT2D eigenvalue weighted by atomic mass is 9.84. The molecule has 0 aromatic heterocycles. The Hall–Kier alpha value is -0.210. The van der Waals surface area contributed by atoms with Gasteiger partial charge in [0.1, 0.15) is 0 Å². The first-order valence-electron chi connectivity index (χ1n) is 7.90. The van der Waals surface area contributed by atoms with Gasteiger partial charge in [0.25, 0.3) is 0 Å². The Kier molecular flexibility index (Phi) is 6.02. The van der Waals surface area contributed by atoms with E-state index in [2.05, 4.69) is 5.32 Å². The number of sulfonamides is 1. The van der Waals surface area contributed by atoms with Crippen molar-refractivity contribution in [1.82, 2.24) is 9.62 Å². The molecule has 7 heteroatoms. The normalized spacial score (nSPS) is 32.0. The number of hydrogen-bond acceptors (Lipinski definition) is 5. The SMILES string of the molecule is CCOC1CC(NC2CCN(S(=O)(=O)CC)CC2)C1OC. The van der Waals surface area contributed by atoms with Gasteiger partial charge < -0.3 is 14.8 Å². The second-order valence-electron chi connectivity index (χ2n) is 5.78. The van der Waals surface area contributed by atoms with Gasteiger partial charge in [-0.1, -0.05) is 0 Å². The summed E-state index contributed by atoms with van der Waals surface area (Å²) in [7, 11) is -1.31. The fraction of sp³-hybridized carbons (Fsp3) is 1.00. The van der Waals surface area contributed by atoms with Gasteiger partial charge in [-0.2, -0.15) is 0 Å². The fourth-order valence-electron chi connectivity index (χ4n) is 3.22. The Morgan fingerprint density at radius 3 is 2.43 bits per heavy atom. The van der Waals surface area contributed by atoms with Crippen molar-refractivity contribution in [3.05, 3.63) is 0 Å². The highest BCUT2D eigenvalue weighted by molar-refractivity contribution is 7.89. The van der Waals surface area contributed by atoms with E-state index in [1.807, 2.05) is 6.92 Å².